The van der Waals surface area contributed by atoms with Crippen LogP contribution in [0.1, 0.15) is 57.8 Å². The van der Waals surface area contributed by atoms with Gasteiger partial charge in [-0.15, -0.1) is 0 Å². The molecule has 10 heteroatoms. The summed E-state index contributed by atoms with van der Waals surface area (Å²) in [5, 5.41) is 0.595. The van der Waals surface area contributed by atoms with Crippen LogP contribution < -0.4 is 9.64 Å². The Morgan fingerprint density at radius 1 is 0.921 bits per heavy atom. The number of unbranched alkanes of at least 4 members (excludes halogenated alkanes) is 1. The van der Waals surface area contributed by atoms with Gasteiger partial charge in [0.2, 0.25) is 10.0 Å². The van der Waals surface area contributed by atoms with Crippen molar-refractivity contribution in [2.45, 2.75) is 52.4 Å². The third-order valence-corrected chi connectivity index (χ3v) is 9.57. The van der Waals surface area contributed by atoms with Gasteiger partial charge in [-0.3, -0.25) is 9.69 Å². The lowest BCUT2D eigenvalue weighted by atomic mass is 10.2. The highest BCUT2D eigenvalue weighted by Gasteiger charge is 2.25. The summed E-state index contributed by atoms with van der Waals surface area (Å²) in [6.07, 6.45) is 1.72. The molecule has 0 spiro atoms. The fourth-order valence-corrected chi connectivity index (χ4v) is 6.72. The van der Waals surface area contributed by atoms with Crippen LogP contribution in [0.3, 0.4) is 0 Å². The second-order valence-corrected chi connectivity index (χ2v) is 11.8. The number of amides is 1. The molecule has 1 heterocycles. The number of nitrogens with zero attached hydrogens (tertiary/aromatic N) is 4. The van der Waals surface area contributed by atoms with Crippen LogP contribution in [0.5, 0.6) is 5.75 Å². The number of aromatic nitrogens is 1. The molecular formula is C28H40N4O4S2. The zero-order chi connectivity index (χ0) is 27.7. The molecular weight excluding hydrogens is 520 g/mol. The quantitative estimate of drug-likeness (QED) is 0.244. The molecule has 208 valence electrons. The van der Waals surface area contributed by atoms with Gasteiger partial charge in [-0.1, -0.05) is 51.5 Å². The van der Waals surface area contributed by atoms with Crippen molar-refractivity contribution in [2.24, 2.45) is 0 Å². The number of hydrogen-bond acceptors (Lipinski definition) is 7. The first-order chi connectivity index (χ1) is 18.3. The molecule has 38 heavy (non-hydrogen) atoms. The number of carbonyl (C=O) groups excluding carboxylic acids is 1. The van der Waals surface area contributed by atoms with E-state index in [0.29, 0.717) is 49.2 Å². The topological polar surface area (TPSA) is 83.1 Å². The van der Waals surface area contributed by atoms with Gasteiger partial charge < -0.3 is 9.64 Å². The lowest BCUT2D eigenvalue weighted by Gasteiger charge is -2.25. The Kier molecular flexibility index (Phi) is 11.1. The highest BCUT2D eigenvalue weighted by Crippen LogP contribution is 2.35. The van der Waals surface area contributed by atoms with Crippen LogP contribution >= 0.6 is 11.3 Å². The van der Waals surface area contributed by atoms with E-state index < -0.39 is 10.0 Å². The van der Waals surface area contributed by atoms with Crippen LogP contribution in [-0.4, -0.2) is 74.4 Å². The summed E-state index contributed by atoms with van der Waals surface area (Å²) in [7, 11) is -3.62. The molecule has 0 aliphatic rings. The van der Waals surface area contributed by atoms with Crippen LogP contribution in [-0.2, 0) is 10.0 Å². The van der Waals surface area contributed by atoms with E-state index >= 15 is 0 Å². The molecule has 0 radical (unpaired) electrons. The number of hydrogen-bond donors (Lipinski definition) is 0. The normalized spacial score (nSPS) is 12.0. The van der Waals surface area contributed by atoms with E-state index in [0.717, 1.165) is 36.1 Å². The van der Waals surface area contributed by atoms with Gasteiger partial charge in [-0.2, -0.15) is 4.31 Å². The summed E-state index contributed by atoms with van der Waals surface area (Å²) in [5.41, 5.74) is 1.16. The average Bonchev–Trinajstić information content (AvgIpc) is 3.36. The van der Waals surface area contributed by atoms with E-state index in [-0.39, 0.29) is 10.8 Å². The number of anilines is 1. The van der Waals surface area contributed by atoms with Crippen molar-refractivity contribution >= 4 is 42.6 Å². The van der Waals surface area contributed by atoms with E-state index in [1.165, 1.54) is 27.8 Å². The van der Waals surface area contributed by atoms with Gasteiger partial charge in [0.25, 0.3) is 5.91 Å². The number of thiazole rings is 1. The first kappa shape index (κ1) is 30.0. The summed E-state index contributed by atoms with van der Waals surface area (Å²) in [4.78, 5) is 22.8. The molecule has 1 amide bonds. The summed E-state index contributed by atoms with van der Waals surface area (Å²) in [5.74, 6) is 0.484. The smallest absolute Gasteiger partial charge is 0.260 e. The molecule has 0 atom stereocenters. The zero-order valence-corrected chi connectivity index (χ0v) is 24.8. The average molecular weight is 561 g/mol. The number of sulfonamides is 1. The molecule has 8 nitrogen and oxygen atoms in total. The molecule has 0 saturated heterocycles. The van der Waals surface area contributed by atoms with Crippen LogP contribution in [0.15, 0.2) is 47.4 Å². The highest BCUT2D eigenvalue weighted by molar-refractivity contribution is 7.89. The molecule has 0 N–H and O–H groups in total. The molecule has 3 rings (SSSR count). The lowest BCUT2D eigenvalue weighted by molar-refractivity contribution is 0.0983. The Hall–Kier alpha value is -2.53. The molecule has 2 aromatic carbocycles. The zero-order valence-electron chi connectivity index (χ0n) is 23.1. The minimum Gasteiger partial charge on any atom is -0.492 e. The van der Waals surface area contributed by atoms with Crippen molar-refractivity contribution in [3.63, 3.8) is 0 Å². The van der Waals surface area contributed by atoms with Gasteiger partial charge in [0.05, 0.1) is 16.2 Å². The van der Waals surface area contributed by atoms with Crippen molar-refractivity contribution in [2.75, 3.05) is 50.8 Å². The van der Waals surface area contributed by atoms with Gasteiger partial charge in [0.1, 0.15) is 11.3 Å². The van der Waals surface area contributed by atoms with E-state index in [1.54, 1.807) is 17.0 Å². The van der Waals surface area contributed by atoms with Crippen molar-refractivity contribution in [3.8, 4) is 5.75 Å². The number of para-hydroxylation sites is 1. The standard InChI is InChI=1S/C28H40N4O4S2/c1-6-11-19-31(9-4)38(34,35)23-17-15-22(16-18-23)27(33)32(21-20-30(7-2)8-3)28-29-26-24(36-10-5)13-12-14-25(26)37-28/h12-18H,6-11,19-21H2,1-5H3. The Morgan fingerprint density at radius 3 is 2.24 bits per heavy atom. The third kappa shape index (κ3) is 6.91. The number of rotatable bonds is 15. The fraction of sp³-hybridized carbons (Fsp3) is 0.500. The van der Waals surface area contributed by atoms with Gasteiger partial charge in [-0.25, -0.2) is 13.4 Å². The molecule has 1 aromatic heterocycles. The molecule has 0 saturated carbocycles. The van der Waals surface area contributed by atoms with Crippen LogP contribution in [0, 0.1) is 0 Å². The predicted molar refractivity (Wildman–Crippen MR) is 156 cm³/mol. The largest absolute Gasteiger partial charge is 0.492 e. The van der Waals surface area contributed by atoms with Crippen molar-refractivity contribution in [1.82, 2.24) is 14.2 Å². The fourth-order valence-electron chi connectivity index (χ4n) is 4.22. The van der Waals surface area contributed by atoms with E-state index in [4.69, 9.17) is 9.72 Å². The predicted octanol–water partition coefficient (Wildman–Crippen LogP) is 5.49. The molecule has 3 aromatic rings. The van der Waals surface area contributed by atoms with Crippen LogP contribution in [0.4, 0.5) is 5.13 Å². The maximum atomic E-state index is 13.8. The summed E-state index contributed by atoms with van der Waals surface area (Å²) < 4.78 is 34.5. The number of benzene rings is 2. The number of likely N-dealkylation sites (N-methyl/N-ethyl adjacent to an activating group) is 1. The van der Waals surface area contributed by atoms with Crippen LogP contribution in [0.2, 0.25) is 0 Å². The first-order valence-corrected chi connectivity index (χ1v) is 15.7. The molecule has 0 fully saturated rings. The van der Waals surface area contributed by atoms with E-state index in [2.05, 4.69) is 18.7 Å². The van der Waals surface area contributed by atoms with Gasteiger partial charge in [-0.05, 0) is 62.8 Å². The van der Waals surface area contributed by atoms with Gasteiger partial charge in [0.15, 0.2) is 5.13 Å². The molecule has 0 aliphatic heterocycles. The Balaban J connectivity index is 1.94. The van der Waals surface area contributed by atoms with Crippen molar-refractivity contribution in [3.05, 3.63) is 48.0 Å². The number of fused-ring (bicyclic) bond motifs is 1. The Labute approximate surface area is 231 Å². The minimum atomic E-state index is -3.62. The second-order valence-electron chi connectivity index (χ2n) is 8.89. The van der Waals surface area contributed by atoms with Crippen LogP contribution in [0.25, 0.3) is 10.2 Å². The summed E-state index contributed by atoms with van der Waals surface area (Å²) >= 11 is 1.45. The molecule has 0 aliphatic carbocycles. The molecule has 0 unspecified atom stereocenters. The second kappa shape index (κ2) is 14.0. The SMILES string of the molecule is CCCCN(CC)S(=O)(=O)c1ccc(C(=O)N(CCN(CC)CC)c2nc3c(OCC)cccc3s2)cc1. The highest BCUT2D eigenvalue weighted by atomic mass is 32.2. The van der Waals surface area contributed by atoms with E-state index in [9.17, 15) is 13.2 Å². The van der Waals surface area contributed by atoms with Gasteiger partial charge >= 0.3 is 0 Å². The monoisotopic (exact) mass is 560 g/mol. The number of carbonyl (C=O) groups is 1. The molecule has 0 bridgehead atoms. The number of ether oxygens (including phenoxy) is 1. The third-order valence-electron chi connectivity index (χ3n) is 6.53. The summed E-state index contributed by atoms with van der Waals surface area (Å²) in [6.45, 7) is 14.3. The van der Waals surface area contributed by atoms with Crippen molar-refractivity contribution in [1.29, 1.82) is 0 Å². The minimum absolute atomic E-state index is 0.197. The van der Waals surface area contributed by atoms with Crippen molar-refractivity contribution < 1.29 is 17.9 Å². The Morgan fingerprint density at radius 2 is 1.63 bits per heavy atom. The Bertz CT molecular complexity index is 1290. The summed E-state index contributed by atoms with van der Waals surface area (Å²) in [6, 6.07) is 12.1. The lowest BCUT2D eigenvalue weighted by Crippen LogP contribution is -2.39. The van der Waals surface area contributed by atoms with E-state index in [1.807, 2.05) is 39.0 Å². The van der Waals surface area contributed by atoms with Gasteiger partial charge in [0, 0.05) is 31.7 Å². The first-order valence-electron chi connectivity index (χ1n) is 13.5. The maximum absolute atomic E-state index is 13.8. The maximum Gasteiger partial charge on any atom is 0.260 e.